The quantitative estimate of drug-likeness (QED) is 0.458. The third-order valence-electron chi connectivity index (χ3n) is 0.398. The van der Waals surface area contributed by atoms with Crippen molar-refractivity contribution in [1.29, 1.82) is 0 Å². The van der Waals surface area contributed by atoms with Gasteiger partial charge in [-0.1, -0.05) is 4.52 Å². The lowest BCUT2D eigenvalue weighted by Gasteiger charge is -1.78. The van der Waals surface area contributed by atoms with Gasteiger partial charge >= 0.3 is 8.25 Å². The Bertz CT molecular complexity index is 65.7. The Balaban J connectivity index is 3.06. The van der Waals surface area contributed by atoms with Crippen molar-refractivity contribution in [3.05, 3.63) is 0 Å². The van der Waals surface area contributed by atoms with Crippen molar-refractivity contribution in [3.8, 4) is 0 Å². The zero-order valence-corrected chi connectivity index (χ0v) is 5.43. The molecule has 0 saturated heterocycles. The van der Waals surface area contributed by atoms with Crippen LogP contribution in [0.5, 0.6) is 0 Å². The van der Waals surface area contributed by atoms with E-state index in [2.05, 4.69) is 9.05 Å². The average Bonchev–Trinajstić information content (AvgIpc) is 1.68. The van der Waals surface area contributed by atoms with Crippen molar-refractivity contribution in [2.45, 2.75) is 6.92 Å². The van der Waals surface area contributed by atoms with Gasteiger partial charge in [-0.2, -0.15) is 0 Å². The van der Waals surface area contributed by atoms with Crippen LogP contribution in [0, 0.1) is 0 Å². The Morgan fingerprint density at radius 1 is 1.62 bits per heavy atom. The molecule has 0 aromatic heterocycles. The fraction of sp³-hybridized carbons (Fsp3) is 1.00. The van der Waals surface area contributed by atoms with Crippen LogP contribution in [0.25, 0.3) is 0 Å². The van der Waals surface area contributed by atoms with E-state index >= 15 is 0 Å². The average molecular weight is 139 g/mol. The topological polar surface area (TPSA) is 55.8 Å². The maximum absolute atomic E-state index is 10.2. The molecule has 0 spiro atoms. The van der Waals surface area contributed by atoms with Gasteiger partial charge in [0.15, 0.2) is 0 Å². The molecule has 0 heterocycles. The van der Waals surface area contributed by atoms with Crippen LogP contribution in [0.15, 0.2) is 0 Å². The second-order valence-electron chi connectivity index (χ2n) is 0.900. The first-order valence-electron chi connectivity index (χ1n) is 2.15. The van der Waals surface area contributed by atoms with E-state index in [0.717, 1.165) is 0 Å². The van der Waals surface area contributed by atoms with Gasteiger partial charge in [-0.25, -0.2) is 0 Å². The molecule has 0 rings (SSSR count). The van der Waals surface area contributed by atoms with E-state index in [1.54, 1.807) is 6.92 Å². The van der Waals surface area contributed by atoms with Crippen molar-refractivity contribution in [3.63, 3.8) is 0 Å². The van der Waals surface area contributed by atoms with Gasteiger partial charge in [0, 0.05) is 4.57 Å². The molecule has 8 heavy (non-hydrogen) atoms. The first-order chi connectivity index (χ1) is 3.81. The molecule has 0 aromatic rings. The van der Waals surface area contributed by atoms with Gasteiger partial charge in [0.25, 0.3) is 0 Å². The van der Waals surface area contributed by atoms with Gasteiger partial charge in [0.2, 0.25) is 6.79 Å². The SMILES string of the molecule is CCO[P+](=O)OCO. The summed E-state index contributed by atoms with van der Waals surface area (Å²) in [7, 11) is -2.08. The maximum atomic E-state index is 10.2. The van der Waals surface area contributed by atoms with Gasteiger partial charge in [0.1, 0.15) is 6.61 Å². The Labute approximate surface area is 48.4 Å². The minimum absolute atomic E-state index is 0.329. The molecule has 0 amide bonds. The Morgan fingerprint density at radius 3 is 2.62 bits per heavy atom. The van der Waals surface area contributed by atoms with Crippen molar-refractivity contribution in [2.75, 3.05) is 13.4 Å². The van der Waals surface area contributed by atoms with Crippen LogP contribution < -0.4 is 0 Å². The van der Waals surface area contributed by atoms with Crippen LogP contribution in [0.2, 0.25) is 0 Å². The minimum Gasteiger partial charge on any atom is -0.367 e. The summed E-state index contributed by atoms with van der Waals surface area (Å²) in [4.78, 5) is 0. The highest BCUT2D eigenvalue weighted by molar-refractivity contribution is 7.33. The fourth-order valence-electron chi connectivity index (χ4n) is 0.190. The highest BCUT2D eigenvalue weighted by Crippen LogP contribution is 2.21. The van der Waals surface area contributed by atoms with Crippen LogP contribution in [-0.4, -0.2) is 18.5 Å². The van der Waals surface area contributed by atoms with E-state index < -0.39 is 15.0 Å². The molecule has 0 fully saturated rings. The number of hydrogen-bond donors (Lipinski definition) is 1. The minimum atomic E-state index is -2.08. The molecule has 0 bridgehead atoms. The molecular formula is C3H8O4P+. The molecule has 1 unspecified atom stereocenters. The summed E-state index contributed by atoms with van der Waals surface area (Å²) in [5.74, 6) is 0. The molecule has 0 aliphatic rings. The number of aliphatic hydroxyl groups is 1. The molecule has 5 heteroatoms. The second kappa shape index (κ2) is 5.12. The zero-order valence-electron chi connectivity index (χ0n) is 4.53. The predicted molar refractivity (Wildman–Crippen MR) is 27.4 cm³/mol. The third kappa shape index (κ3) is 4.15. The summed E-state index contributed by atoms with van der Waals surface area (Å²) in [6.45, 7) is 1.46. The molecule has 0 aromatic carbocycles. The largest absolute Gasteiger partial charge is 0.699 e. The summed E-state index contributed by atoms with van der Waals surface area (Å²) < 4.78 is 18.7. The summed E-state index contributed by atoms with van der Waals surface area (Å²) in [5.41, 5.74) is 0. The highest BCUT2D eigenvalue weighted by atomic mass is 31.1. The fourth-order valence-corrected chi connectivity index (χ4v) is 0.569. The Morgan fingerprint density at radius 2 is 2.25 bits per heavy atom. The summed E-state index contributed by atoms with van der Waals surface area (Å²) >= 11 is 0. The molecule has 1 atom stereocenters. The number of aliphatic hydroxyl groups excluding tert-OH is 1. The van der Waals surface area contributed by atoms with E-state index in [-0.39, 0.29) is 0 Å². The lowest BCUT2D eigenvalue weighted by Crippen LogP contribution is -1.84. The number of hydrogen-bond acceptors (Lipinski definition) is 4. The van der Waals surface area contributed by atoms with Gasteiger partial charge in [-0.05, 0) is 6.92 Å². The van der Waals surface area contributed by atoms with Gasteiger partial charge in [0.05, 0.1) is 0 Å². The van der Waals surface area contributed by atoms with Crippen molar-refractivity contribution < 1.29 is 18.7 Å². The van der Waals surface area contributed by atoms with Gasteiger partial charge < -0.3 is 5.11 Å². The lowest BCUT2D eigenvalue weighted by atomic mass is 10.9. The van der Waals surface area contributed by atoms with Crippen LogP contribution in [0.1, 0.15) is 6.92 Å². The Kier molecular flexibility index (Phi) is 5.11. The normalized spacial score (nSPS) is 11.5. The summed E-state index contributed by atoms with van der Waals surface area (Å²) in [6.07, 6.45) is 0. The van der Waals surface area contributed by atoms with Crippen LogP contribution in [-0.2, 0) is 13.6 Å². The van der Waals surface area contributed by atoms with Crippen LogP contribution >= 0.6 is 8.25 Å². The van der Waals surface area contributed by atoms with Crippen LogP contribution in [0.4, 0.5) is 0 Å². The number of rotatable bonds is 4. The molecule has 1 N–H and O–H groups in total. The summed E-state index contributed by atoms with van der Waals surface area (Å²) in [5, 5.41) is 7.98. The van der Waals surface area contributed by atoms with E-state index in [1.807, 2.05) is 0 Å². The smallest absolute Gasteiger partial charge is 0.367 e. The first-order valence-corrected chi connectivity index (χ1v) is 3.24. The molecule has 0 aliphatic carbocycles. The Hall–Kier alpha value is -0.0200. The van der Waals surface area contributed by atoms with Crippen LogP contribution in [0.3, 0.4) is 0 Å². The second-order valence-corrected chi connectivity index (χ2v) is 1.86. The van der Waals surface area contributed by atoms with Crippen molar-refractivity contribution in [1.82, 2.24) is 0 Å². The van der Waals surface area contributed by atoms with Crippen molar-refractivity contribution in [2.24, 2.45) is 0 Å². The van der Waals surface area contributed by atoms with Crippen molar-refractivity contribution >= 4 is 8.25 Å². The predicted octanol–water partition coefficient (Wildman–Crippen LogP) is 0.647. The third-order valence-corrected chi connectivity index (χ3v) is 1.19. The standard InChI is InChI=1S/C3H8O4P/c1-2-6-8(5)7-3-4/h4H,2-3H2,1H3/q+1. The molecule has 48 valence electrons. The van der Waals surface area contributed by atoms with Gasteiger partial charge in [-0.15, -0.1) is 4.52 Å². The molecule has 0 aliphatic heterocycles. The lowest BCUT2D eigenvalue weighted by molar-refractivity contribution is 0.0867. The van der Waals surface area contributed by atoms with E-state index in [9.17, 15) is 4.57 Å². The molecular weight excluding hydrogens is 131 g/mol. The first kappa shape index (κ1) is 7.98. The van der Waals surface area contributed by atoms with E-state index in [4.69, 9.17) is 5.11 Å². The zero-order chi connectivity index (χ0) is 6.41. The van der Waals surface area contributed by atoms with E-state index in [0.29, 0.717) is 6.61 Å². The summed E-state index contributed by atoms with van der Waals surface area (Å²) in [6, 6.07) is 0. The molecule has 0 radical (unpaired) electrons. The maximum Gasteiger partial charge on any atom is 0.699 e. The molecule has 0 saturated carbocycles. The molecule has 4 nitrogen and oxygen atoms in total. The van der Waals surface area contributed by atoms with Gasteiger partial charge in [-0.3, -0.25) is 0 Å². The monoisotopic (exact) mass is 139 g/mol. The highest BCUT2D eigenvalue weighted by Gasteiger charge is 2.16. The van der Waals surface area contributed by atoms with E-state index in [1.165, 1.54) is 0 Å².